The number of morpholine rings is 1. The van der Waals surface area contributed by atoms with Crippen molar-refractivity contribution in [2.24, 2.45) is 0 Å². The molecule has 27 heavy (non-hydrogen) atoms. The molecule has 3 aliphatic rings. The highest BCUT2D eigenvalue weighted by Gasteiger charge is 2.38. The highest BCUT2D eigenvalue weighted by molar-refractivity contribution is 6.06. The molecule has 0 spiro atoms. The summed E-state index contributed by atoms with van der Waals surface area (Å²) in [6, 6.07) is 12.5. The van der Waals surface area contributed by atoms with E-state index in [2.05, 4.69) is 15.2 Å². The Morgan fingerprint density at radius 2 is 2.00 bits per heavy atom. The molecule has 6 heteroatoms. The molecular formula is C21H20FN3O2. The van der Waals surface area contributed by atoms with Gasteiger partial charge in [-0.25, -0.2) is 4.39 Å². The third-order valence-electron chi connectivity index (χ3n) is 5.42. The third kappa shape index (κ3) is 2.86. The molecule has 1 aromatic heterocycles. The fourth-order valence-corrected chi connectivity index (χ4v) is 3.99. The van der Waals surface area contributed by atoms with Crippen molar-refractivity contribution in [3.05, 3.63) is 59.5 Å². The van der Waals surface area contributed by atoms with Gasteiger partial charge in [0.15, 0.2) is 0 Å². The minimum absolute atomic E-state index is 0.285. The number of amides is 1. The molecular weight excluding hydrogens is 345 g/mol. The fraction of sp³-hybridized carbons (Fsp3) is 0.286. The first-order chi connectivity index (χ1) is 13.1. The Kier molecular flexibility index (Phi) is 3.68. The number of fused-ring (bicyclic) bond motifs is 3. The number of aryl methyl sites for hydroxylation is 1. The van der Waals surface area contributed by atoms with Gasteiger partial charge in [-0.05, 0) is 42.8 Å². The van der Waals surface area contributed by atoms with Crippen LogP contribution >= 0.6 is 0 Å². The number of aromatic amines is 1. The lowest BCUT2D eigenvalue weighted by atomic mass is 9.98. The van der Waals surface area contributed by atoms with Gasteiger partial charge in [-0.3, -0.25) is 4.79 Å². The predicted octanol–water partition coefficient (Wildman–Crippen LogP) is 3.85. The maximum Gasteiger partial charge on any atom is 0.272 e. The van der Waals surface area contributed by atoms with E-state index < -0.39 is 0 Å². The average Bonchev–Trinajstić information content (AvgIpc) is 3.12. The number of halogens is 1. The SMILES string of the molecule is Cc1ccc(F)c2cc(C(=O)Nc3cccc(N4CC5CC(C4)O5)c3)[nH]c12. The number of carbonyl (C=O) groups is 1. The van der Waals surface area contributed by atoms with Crippen molar-refractivity contribution in [3.8, 4) is 0 Å². The molecule has 3 saturated heterocycles. The molecule has 138 valence electrons. The van der Waals surface area contributed by atoms with Crippen molar-refractivity contribution in [1.82, 2.24) is 4.98 Å². The molecule has 2 aromatic carbocycles. The van der Waals surface area contributed by atoms with E-state index in [1.807, 2.05) is 31.2 Å². The van der Waals surface area contributed by atoms with Gasteiger partial charge in [-0.15, -0.1) is 0 Å². The van der Waals surface area contributed by atoms with E-state index in [0.29, 0.717) is 34.5 Å². The van der Waals surface area contributed by atoms with E-state index in [1.54, 1.807) is 12.1 Å². The molecule has 0 radical (unpaired) electrons. The lowest BCUT2D eigenvalue weighted by molar-refractivity contribution is -0.133. The van der Waals surface area contributed by atoms with Crippen molar-refractivity contribution >= 4 is 28.2 Å². The Balaban J connectivity index is 1.37. The number of anilines is 2. The summed E-state index contributed by atoms with van der Waals surface area (Å²) in [6.07, 6.45) is 1.79. The number of hydrogen-bond acceptors (Lipinski definition) is 3. The molecule has 1 amide bonds. The number of aromatic nitrogens is 1. The van der Waals surface area contributed by atoms with Crippen LogP contribution in [0.1, 0.15) is 22.5 Å². The Morgan fingerprint density at radius 3 is 2.74 bits per heavy atom. The highest BCUT2D eigenvalue weighted by atomic mass is 19.1. The van der Waals surface area contributed by atoms with Gasteiger partial charge in [0.1, 0.15) is 11.5 Å². The Hall–Kier alpha value is -2.86. The zero-order valence-corrected chi connectivity index (χ0v) is 15.0. The van der Waals surface area contributed by atoms with E-state index in [9.17, 15) is 9.18 Å². The first kappa shape index (κ1) is 16.3. The van der Waals surface area contributed by atoms with Crippen LogP contribution in [0, 0.1) is 12.7 Å². The molecule has 3 aromatic rings. The monoisotopic (exact) mass is 365 g/mol. The van der Waals surface area contributed by atoms with Gasteiger partial charge in [0.2, 0.25) is 0 Å². The molecule has 5 nitrogen and oxygen atoms in total. The Bertz CT molecular complexity index is 990. The number of ether oxygens (including phenoxy) is 1. The molecule has 0 saturated carbocycles. The second kappa shape index (κ2) is 6.09. The topological polar surface area (TPSA) is 57.4 Å². The zero-order valence-electron chi connectivity index (χ0n) is 15.0. The summed E-state index contributed by atoms with van der Waals surface area (Å²) in [6.45, 7) is 3.65. The summed E-state index contributed by atoms with van der Waals surface area (Å²) in [7, 11) is 0. The minimum atomic E-state index is -0.334. The van der Waals surface area contributed by atoms with E-state index in [4.69, 9.17) is 4.74 Å². The predicted molar refractivity (Wildman–Crippen MR) is 103 cm³/mol. The van der Waals surface area contributed by atoms with E-state index in [1.165, 1.54) is 6.07 Å². The van der Waals surface area contributed by atoms with E-state index in [0.717, 1.165) is 30.8 Å². The van der Waals surface area contributed by atoms with Crippen LogP contribution in [0.25, 0.3) is 10.9 Å². The number of benzene rings is 2. The number of nitrogens with zero attached hydrogens (tertiary/aromatic N) is 1. The second-order valence-electron chi connectivity index (χ2n) is 7.36. The maximum atomic E-state index is 14.0. The number of piperidine rings is 1. The Labute approximate surface area is 156 Å². The second-order valence-corrected chi connectivity index (χ2v) is 7.36. The van der Waals surface area contributed by atoms with Crippen LogP contribution in [0.15, 0.2) is 42.5 Å². The summed E-state index contributed by atoms with van der Waals surface area (Å²) < 4.78 is 19.7. The standard InChI is InChI=1S/C21H20FN3O2/c1-12-5-6-18(22)17-9-19(24-20(12)17)21(26)23-13-3-2-4-14(7-13)25-10-15-8-16(11-25)27-15/h2-7,9,15-16,24H,8,10-11H2,1H3,(H,23,26). The van der Waals surface area contributed by atoms with Gasteiger partial charge in [-0.2, -0.15) is 0 Å². The molecule has 3 fully saturated rings. The average molecular weight is 365 g/mol. The summed E-state index contributed by atoms with van der Waals surface area (Å²) in [5.41, 5.74) is 3.69. The van der Waals surface area contributed by atoms with Gasteiger partial charge in [-0.1, -0.05) is 12.1 Å². The van der Waals surface area contributed by atoms with Crippen molar-refractivity contribution in [2.75, 3.05) is 23.3 Å². The van der Waals surface area contributed by atoms with Crippen molar-refractivity contribution < 1.29 is 13.9 Å². The minimum Gasteiger partial charge on any atom is -0.371 e. The third-order valence-corrected chi connectivity index (χ3v) is 5.42. The van der Waals surface area contributed by atoms with Crippen LogP contribution in [0.4, 0.5) is 15.8 Å². The smallest absolute Gasteiger partial charge is 0.272 e. The van der Waals surface area contributed by atoms with Gasteiger partial charge in [0, 0.05) is 36.3 Å². The first-order valence-corrected chi connectivity index (χ1v) is 9.16. The lowest BCUT2D eigenvalue weighted by Gasteiger charge is -2.48. The fourth-order valence-electron chi connectivity index (χ4n) is 3.99. The van der Waals surface area contributed by atoms with Crippen LogP contribution in [-0.4, -0.2) is 36.2 Å². The first-order valence-electron chi connectivity index (χ1n) is 9.16. The van der Waals surface area contributed by atoms with Crippen molar-refractivity contribution in [2.45, 2.75) is 25.6 Å². The van der Waals surface area contributed by atoms with Gasteiger partial charge >= 0.3 is 0 Å². The van der Waals surface area contributed by atoms with Crippen molar-refractivity contribution in [1.29, 1.82) is 0 Å². The summed E-state index contributed by atoms with van der Waals surface area (Å²) in [5.74, 6) is -0.620. The van der Waals surface area contributed by atoms with Gasteiger partial charge < -0.3 is 19.9 Å². The number of nitrogens with one attached hydrogen (secondary N) is 2. The molecule has 2 N–H and O–H groups in total. The van der Waals surface area contributed by atoms with Crippen LogP contribution in [0.2, 0.25) is 0 Å². The summed E-state index contributed by atoms with van der Waals surface area (Å²) in [5, 5.41) is 3.34. The van der Waals surface area contributed by atoms with Gasteiger partial charge in [0.25, 0.3) is 5.91 Å². The van der Waals surface area contributed by atoms with E-state index >= 15 is 0 Å². The van der Waals surface area contributed by atoms with Gasteiger partial charge in [0.05, 0.1) is 17.7 Å². The zero-order chi connectivity index (χ0) is 18.5. The molecule has 0 aliphatic carbocycles. The Morgan fingerprint density at radius 1 is 1.22 bits per heavy atom. The van der Waals surface area contributed by atoms with Crippen molar-refractivity contribution in [3.63, 3.8) is 0 Å². The molecule has 4 heterocycles. The van der Waals surface area contributed by atoms with Crippen LogP contribution < -0.4 is 10.2 Å². The van der Waals surface area contributed by atoms with E-state index in [-0.39, 0.29) is 11.7 Å². The number of rotatable bonds is 3. The number of carbonyl (C=O) groups excluding carboxylic acids is 1. The van der Waals surface area contributed by atoms with Crippen LogP contribution in [-0.2, 0) is 4.74 Å². The van der Waals surface area contributed by atoms with Crippen LogP contribution in [0.3, 0.4) is 0 Å². The summed E-state index contributed by atoms with van der Waals surface area (Å²) >= 11 is 0. The largest absolute Gasteiger partial charge is 0.371 e. The summed E-state index contributed by atoms with van der Waals surface area (Å²) in [4.78, 5) is 18.0. The molecule has 2 unspecified atom stereocenters. The quantitative estimate of drug-likeness (QED) is 0.741. The normalized spacial score (nSPS) is 21.2. The van der Waals surface area contributed by atoms with Crippen LogP contribution in [0.5, 0.6) is 0 Å². The molecule has 2 bridgehead atoms. The number of H-pyrrole nitrogens is 1. The number of hydrogen-bond donors (Lipinski definition) is 2. The molecule has 3 aliphatic heterocycles. The highest BCUT2D eigenvalue weighted by Crippen LogP contribution is 2.32. The lowest BCUT2D eigenvalue weighted by Crippen LogP contribution is -2.57. The molecule has 6 rings (SSSR count). The molecule has 2 atom stereocenters. The maximum absolute atomic E-state index is 14.0.